The lowest BCUT2D eigenvalue weighted by atomic mass is 9.78. The summed E-state index contributed by atoms with van der Waals surface area (Å²) >= 11 is 0. The number of pyridine rings is 1. The number of nitrogens with zero attached hydrogens (tertiary/aromatic N) is 3. The third kappa shape index (κ3) is 3.46. The quantitative estimate of drug-likeness (QED) is 0.203. The summed E-state index contributed by atoms with van der Waals surface area (Å²) in [5.74, 6) is 0. The van der Waals surface area contributed by atoms with E-state index >= 15 is 0 Å². The van der Waals surface area contributed by atoms with E-state index in [-0.39, 0.29) is 0 Å². The Hall–Kier alpha value is -4.07. The molecular weight excluding hydrogens is 473 g/mol. The molecule has 4 aromatic carbocycles. The predicted molar refractivity (Wildman–Crippen MR) is 151 cm³/mol. The molecule has 1 aliphatic heterocycles. The average molecular weight is 499 g/mol. The highest BCUT2D eigenvalue weighted by atomic mass is 16.7. The summed E-state index contributed by atoms with van der Waals surface area (Å²) in [5, 5.41) is 11.7. The topological polar surface area (TPSA) is 70.3 Å². The van der Waals surface area contributed by atoms with Gasteiger partial charge in [-0.25, -0.2) is 9.61 Å². The van der Waals surface area contributed by atoms with Crippen LogP contribution in [0.1, 0.15) is 27.7 Å². The highest BCUT2D eigenvalue weighted by Gasteiger charge is 2.51. The molecule has 0 atom stereocenters. The molecular formula is C31H26BN3O3. The number of para-hydroxylation sites is 1. The minimum atomic E-state index is -0.416. The summed E-state index contributed by atoms with van der Waals surface area (Å²) in [6.45, 7) is 8.26. The highest BCUT2D eigenvalue weighted by molar-refractivity contribution is 6.62. The first-order chi connectivity index (χ1) is 18.3. The van der Waals surface area contributed by atoms with Crippen LogP contribution in [0, 0.1) is 0 Å². The van der Waals surface area contributed by atoms with Crippen LogP contribution in [0.3, 0.4) is 0 Å². The Kier molecular flexibility index (Phi) is 4.99. The number of hydrogen-bond acceptors (Lipinski definition) is 6. The molecule has 0 N–H and O–H groups in total. The van der Waals surface area contributed by atoms with Gasteiger partial charge in [0, 0.05) is 27.3 Å². The summed E-state index contributed by atoms with van der Waals surface area (Å²) in [6.07, 6.45) is 0. The van der Waals surface area contributed by atoms with Crippen LogP contribution < -0.4 is 5.46 Å². The van der Waals surface area contributed by atoms with E-state index in [9.17, 15) is 0 Å². The van der Waals surface area contributed by atoms with Crippen LogP contribution in [0.5, 0.6) is 0 Å². The molecule has 0 spiro atoms. The molecule has 1 aliphatic rings. The zero-order chi connectivity index (χ0) is 26.1. The fraction of sp³-hybridized carbons (Fsp3) is 0.194. The monoisotopic (exact) mass is 499 g/mol. The summed E-state index contributed by atoms with van der Waals surface area (Å²) in [5.41, 5.74) is 6.43. The van der Waals surface area contributed by atoms with E-state index in [1.54, 1.807) is 0 Å². The van der Waals surface area contributed by atoms with Crippen molar-refractivity contribution in [3.8, 4) is 22.4 Å². The predicted octanol–water partition coefficient (Wildman–Crippen LogP) is 6.56. The molecule has 2 aromatic heterocycles. The SMILES string of the molecule is CC1(C)OB(c2ccc(-c3nc4ccccc4c4c3cc(-c3ccccc3)c3nonc34)cc2)OC1(C)C. The van der Waals surface area contributed by atoms with E-state index < -0.39 is 18.3 Å². The molecule has 0 aliphatic carbocycles. The van der Waals surface area contributed by atoms with Crippen LogP contribution in [-0.2, 0) is 9.31 Å². The van der Waals surface area contributed by atoms with Gasteiger partial charge in [0.15, 0.2) is 0 Å². The van der Waals surface area contributed by atoms with Gasteiger partial charge in [-0.05, 0) is 61.2 Å². The lowest BCUT2D eigenvalue weighted by Gasteiger charge is -2.32. The van der Waals surface area contributed by atoms with E-state index in [2.05, 4.69) is 86.5 Å². The highest BCUT2D eigenvalue weighted by Crippen LogP contribution is 2.40. The molecule has 0 radical (unpaired) electrons. The molecule has 0 saturated carbocycles. The van der Waals surface area contributed by atoms with E-state index in [0.29, 0.717) is 0 Å². The van der Waals surface area contributed by atoms with Gasteiger partial charge in [0.05, 0.1) is 22.4 Å². The van der Waals surface area contributed by atoms with E-state index in [4.69, 9.17) is 18.9 Å². The zero-order valence-electron chi connectivity index (χ0n) is 21.7. The molecule has 3 heterocycles. The van der Waals surface area contributed by atoms with Crippen molar-refractivity contribution >= 4 is 45.3 Å². The minimum absolute atomic E-state index is 0.392. The third-order valence-corrected chi connectivity index (χ3v) is 7.99. The summed E-state index contributed by atoms with van der Waals surface area (Å²) < 4.78 is 17.8. The van der Waals surface area contributed by atoms with E-state index in [1.165, 1.54) is 0 Å². The first-order valence-electron chi connectivity index (χ1n) is 12.8. The van der Waals surface area contributed by atoms with Gasteiger partial charge < -0.3 is 9.31 Å². The second-order valence-electron chi connectivity index (χ2n) is 10.9. The van der Waals surface area contributed by atoms with Gasteiger partial charge in [0.25, 0.3) is 0 Å². The van der Waals surface area contributed by atoms with Crippen molar-refractivity contribution in [2.75, 3.05) is 0 Å². The maximum atomic E-state index is 6.26. The molecule has 0 amide bonds. The van der Waals surface area contributed by atoms with Crippen molar-refractivity contribution in [1.82, 2.24) is 15.3 Å². The Morgan fingerprint density at radius 3 is 2.05 bits per heavy atom. The Balaban J connectivity index is 1.44. The van der Waals surface area contributed by atoms with Gasteiger partial charge in [-0.3, -0.25) is 0 Å². The Morgan fingerprint density at radius 1 is 0.658 bits per heavy atom. The molecule has 7 heteroatoms. The van der Waals surface area contributed by atoms with E-state index in [0.717, 1.165) is 60.6 Å². The number of benzene rings is 4. The molecule has 7 rings (SSSR count). The van der Waals surface area contributed by atoms with Crippen molar-refractivity contribution in [2.24, 2.45) is 0 Å². The summed E-state index contributed by atoms with van der Waals surface area (Å²) in [6, 6.07) is 28.8. The largest absolute Gasteiger partial charge is 0.494 e. The fourth-order valence-corrected chi connectivity index (χ4v) is 5.20. The lowest BCUT2D eigenvalue weighted by Crippen LogP contribution is -2.41. The van der Waals surface area contributed by atoms with Crippen molar-refractivity contribution < 1.29 is 13.9 Å². The molecule has 1 fully saturated rings. The van der Waals surface area contributed by atoms with Gasteiger partial charge in [-0.2, -0.15) is 0 Å². The number of fused-ring (bicyclic) bond motifs is 5. The molecule has 6 aromatic rings. The van der Waals surface area contributed by atoms with Crippen molar-refractivity contribution in [2.45, 2.75) is 38.9 Å². The summed E-state index contributed by atoms with van der Waals surface area (Å²) in [4.78, 5) is 5.13. The lowest BCUT2D eigenvalue weighted by molar-refractivity contribution is 0.00578. The number of hydrogen-bond donors (Lipinski definition) is 0. The molecule has 6 nitrogen and oxygen atoms in total. The van der Waals surface area contributed by atoms with Crippen LogP contribution in [0.2, 0.25) is 0 Å². The van der Waals surface area contributed by atoms with E-state index in [1.807, 2.05) is 36.4 Å². The minimum Gasteiger partial charge on any atom is -0.399 e. The van der Waals surface area contributed by atoms with Crippen LogP contribution >= 0.6 is 0 Å². The zero-order valence-corrected chi connectivity index (χ0v) is 21.7. The summed E-state index contributed by atoms with van der Waals surface area (Å²) in [7, 11) is -0.416. The smallest absolute Gasteiger partial charge is 0.399 e. The number of aromatic nitrogens is 3. The molecule has 186 valence electrons. The second kappa shape index (κ2) is 8.22. The normalized spacial score (nSPS) is 16.6. The average Bonchev–Trinajstić information content (AvgIpc) is 3.50. The first-order valence-corrected chi connectivity index (χ1v) is 12.8. The standard InChI is InChI=1S/C31H26BN3O3/c1-30(2)31(3,4)37-32(36-30)21-16-14-20(15-17-21)27-24-18-23(19-10-6-5-7-11-19)28-29(35-38-34-28)26(24)22-12-8-9-13-25(22)33-27/h5-18H,1-4H3. The van der Waals surface area contributed by atoms with Gasteiger partial charge in [0.2, 0.25) is 0 Å². The third-order valence-electron chi connectivity index (χ3n) is 7.99. The van der Waals surface area contributed by atoms with Gasteiger partial charge in [-0.15, -0.1) is 0 Å². The molecule has 38 heavy (non-hydrogen) atoms. The molecule has 1 saturated heterocycles. The van der Waals surface area contributed by atoms with Crippen molar-refractivity contribution in [3.63, 3.8) is 0 Å². The number of rotatable bonds is 3. The second-order valence-corrected chi connectivity index (χ2v) is 10.9. The fourth-order valence-electron chi connectivity index (χ4n) is 5.20. The molecule has 0 unspecified atom stereocenters. The Labute approximate surface area is 220 Å². The maximum absolute atomic E-state index is 6.26. The Bertz CT molecular complexity index is 1810. The van der Waals surface area contributed by atoms with Crippen molar-refractivity contribution in [3.05, 3.63) is 84.9 Å². The van der Waals surface area contributed by atoms with Crippen LogP contribution in [0.25, 0.3) is 55.1 Å². The van der Waals surface area contributed by atoms with Gasteiger partial charge in [-0.1, -0.05) is 72.8 Å². The maximum Gasteiger partial charge on any atom is 0.494 e. The molecule has 0 bridgehead atoms. The first kappa shape index (κ1) is 23.1. The van der Waals surface area contributed by atoms with Crippen molar-refractivity contribution in [1.29, 1.82) is 0 Å². The van der Waals surface area contributed by atoms with Crippen LogP contribution in [0.15, 0.2) is 89.6 Å². The van der Waals surface area contributed by atoms with Gasteiger partial charge >= 0.3 is 7.12 Å². The van der Waals surface area contributed by atoms with Crippen LogP contribution in [-0.4, -0.2) is 33.6 Å². The van der Waals surface area contributed by atoms with Crippen LogP contribution in [0.4, 0.5) is 0 Å². The van der Waals surface area contributed by atoms with Gasteiger partial charge in [0.1, 0.15) is 11.0 Å². The Morgan fingerprint density at radius 2 is 1.32 bits per heavy atom.